The van der Waals surface area contributed by atoms with Crippen LogP contribution in [0.15, 0.2) is 0 Å². The van der Waals surface area contributed by atoms with E-state index in [-0.39, 0.29) is 0 Å². The van der Waals surface area contributed by atoms with Crippen LogP contribution >= 0.6 is 0 Å². The van der Waals surface area contributed by atoms with E-state index in [0.717, 1.165) is 0 Å². The molecule has 0 aromatic heterocycles. The van der Waals surface area contributed by atoms with Crippen LogP contribution in [0.1, 0.15) is 41.5 Å². The number of ether oxygens (including phenoxy) is 4. The van der Waals surface area contributed by atoms with E-state index in [1.54, 1.807) is 0 Å². The maximum Gasteiger partial charge on any atom is 0.220 e. The third kappa shape index (κ3) is 3.70. The summed E-state index contributed by atoms with van der Waals surface area (Å²) in [5.41, 5.74) is 0. The SMILES string of the molecule is CCOC(C)(OCC)C(C)(OCC)OCC. The van der Waals surface area contributed by atoms with Crippen LogP contribution in [-0.2, 0) is 18.9 Å². The number of hydrogen-bond donors (Lipinski definition) is 0. The molecule has 0 unspecified atom stereocenters. The standard InChI is InChI=1S/C12H26O4/c1-7-13-11(5,14-8-2)12(6,15-9-3)16-10-4/h7-10H2,1-6H3. The van der Waals surface area contributed by atoms with Crippen molar-refractivity contribution in [1.82, 2.24) is 0 Å². The second-order valence-electron chi connectivity index (χ2n) is 3.62. The van der Waals surface area contributed by atoms with Crippen LogP contribution in [0.2, 0.25) is 0 Å². The maximum absolute atomic E-state index is 5.67. The summed E-state index contributed by atoms with van der Waals surface area (Å²) in [5, 5.41) is 0. The molecule has 0 aliphatic carbocycles. The Morgan fingerprint density at radius 2 is 0.750 bits per heavy atom. The minimum atomic E-state index is -0.886. The van der Waals surface area contributed by atoms with E-state index in [1.807, 2.05) is 41.5 Å². The summed E-state index contributed by atoms with van der Waals surface area (Å²) in [6.07, 6.45) is 0. The molecule has 0 saturated carbocycles. The van der Waals surface area contributed by atoms with E-state index in [9.17, 15) is 0 Å². The molecule has 0 radical (unpaired) electrons. The van der Waals surface area contributed by atoms with Gasteiger partial charge in [-0.15, -0.1) is 0 Å². The lowest BCUT2D eigenvalue weighted by molar-refractivity contribution is -0.394. The van der Waals surface area contributed by atoms with E-state index in [4.69, 9.17) is 18.9 Å². The Balaban J connectivity index is 4.90. The van der Waals surface area contributed by atoms with Gasteiger partial charge in [-0.3, -0.25) is 0 Å². The molecule has 0 fully saturated rings. The van der Waals surface area contributed by atoms with Crippen LogP contribution in [-0.4, -0.2) is 38.0 Å². The lowest BCUT2D eigenvalue weighted by Gasteiger charge is -2.43. The van der Waals surface area contributed by atoms with Gasteiger partial charge in [-0.05, 0) is 41.5 Å². The molecule has 0 aliphatic heterocycles. The molecule has 0 aromatic carbocycles. The van der Waals surface area contributed by atoms with Gasteiger partial charge in [0.05, 0.1) is 0 Å². The Hall–Kier alpha value is -0.160. The highest BCUT2D eigenvalue weighted by atomic mass is 16.8. The Labute approximate surface area is 99.2 Å². The maximum atomic E-state index is 5.67. The summed E-state index contributed by atoms with van der Waals surface area (Å²) < 4.78 is 22.7. The molecule has 16 heavy (non-hydrogen) atoms. The van der Waals surface area contributed by atoms with Gasteiger partial charge < -0.3 is 18.9 Å². The number of rotatable bonds is 9. The Kier molecular flexibility index (Phi) is 7.15. The van der Waals surface area contributed by atoms with E-state index < -0.39 is 11.6 Å². The predicted molar refractivity (Wildman–Crippen MR) is 63.3 cm³/mol. The molecule has 0 heterocycles. The summed E-state index contributed by atoms with van der Waals surface area (Å²) in [6.45, 7) is 13.6. The fourth-order valence-electron chi connectivity index (χ4n) is 1.71. The summed E-state index contributed by atoms with van der Waals surface area (Å²) in [6, 6.07) is 0. The van der Waals surface area contributed by atoms with Crippen molar-refractivity contribution in [1.29, 1.82) is 0 Å². The zero-order valence-corrected chi connectivity index (χ0v) is 11.5. The quantitative estimate of drug-likeness (QED) is 0.575. The molecule has 0 amide bonds. The monoisotopic (exact) mass is 234 g/mol. The Morgan fingerprint density at radius 3 is 0.875 bits per heavy atom. The van der Waals surface area contributed by atoms with Crippen LogP contribution in [0.4, 0.5) is 0 Å². The van der Waals surface area contributed by atoms with Crippen molar-refractivity contribution in [2.45, 2.75) is 53.1 Å². The first-order chi connectivity index (χ1) is 7.49. The van der Waals surface area contributed by atoms with Crippen molar-refractivity contribution in [3.05, 3.63) is 0 Å². The van der Waals surface area contributed by atoms with Gasteiger partial charge in [0, 0.05) is 26.4 Å². The first-order valence-corrected chi connectivity index (χ1v) is 6.05. The minimum Gasteiger partial charge on any atom is -0.346 e. The molecule has 0 aromatic rings. The fourth-order valence-corrected chi connectivity index (χ4v) is 1.71. The fraction of sp³-hybridized carbons (Fsp3) is 1.00. The molecule has 4 heteroatoms. The van der Waals surface area contributed by atoms with Crippen LogP contribution < -0.4 is 0 Å². The third-order valence-electron chi connectivity index (χ3n) is 2.50. The molecule has 0 saturated heterocycles. The van der Waals surface area contributed by atoms with Gasteiger partial charge in [0.2, 0.25) is 11.6 Å². The zero-order valence-electron chi connectivity index (χ0n) is 11.5. The summed E-state index contributed by atoms with van der Waals surface area (Å²) in [4.78, 5) is 0. The molecule has 0 atom stereocenters. The molecule has 98 valence electrons. The Morgan fingerprint density at radius 1 is 0.562 bits per heavy atom. The van der Waals surface area contributed by atoms with Gasteiger partial charge >= 0.3 is 0 Å². The van der Waals surface area contributed by atoms with E-state index in [2.05, 4.69) is 0 Å². The average Bonchev–Trinajstić information content (AvgIpc) is 2.19. The highest BCUT2D eigenvalue weighted by Crippen LogP contribution is 2.32. The van der Waals surface area contributed by atoms with Gasteiger partial charge in [0.15, 0.2) is 0 Å². The normalized spacial score (nSPS) is 13.1. The van der Waals surface area contributed by atoms with E-state index in [0.29, 0.717) is 26.4 Å². The van der Waals surface area contributed by atoms with Crippen molar-refractivity contribution in [3.8, 4) is 0 Å². The molecular formula is C12H26O4. The van der Waals surface area contributed by atoms with Crippen LogP contribution in [0.25, 0.3) is 0 Å². The van der Waals surface area contributed by atoms with Crippen LogP contribution in [0.5, 0.6) is 0 Å². The summed E-state index contributed by atoms with van der Waals surface area (Å²) in [5.74, 6) is -1.77. The van der Waals surface area contributed by atoms with Gasteiger partial charge in [-0.25, -0.2) is 0 Å². The van der Waals surface area contributed by atoms with Crippen molar-refractivity contribution >= 4 is 0 Å². The molecule has 0 N–H and O–H groups in total. The lowest BCUT2D eigenvalue weighted by Crippen LogP contribution is -2.57. The second kappa shape index (κ2) is 7.22. The number of hydrogen-bond acceptors (Lipinski definition) is 4. The highest BCUT2D eigenvalue weighted by Gasteiger charge is 2.49. The van der Waals surface area contributed by atoms with Gasteiger partial charge in [0.1, 0.15) is 0 Å². The first kappa shape index (κ1) is 15.8. The molecule has 0 aliphatic rings. The summed E-state index contributed by atoms with van der Waals surface area (Å²) >= 11 is 0. The van der Waals surface area contributed by atoms with Gasteiger partial charge in [-0.2, -0.15) is 0 Å². The Bertz CT molecular complexity index is 150. The predicted octanol–water partition coefficient (Wildman–Crippen LogP) is 2.56. The van der Waals surface area contributed by atoms with Crippen molar-refractivity contribution in [2.75, 3.05) is 26.4 Å². The molecule has 0 spiro atoms. The third-order valence-corrected chi connectivity index (χ3v) is 2.50. The topological polar surface area (TPSA) is 36.9 Å². The molecular weight excluding hydrogens is 208 g/mol. The largest absolute Gasteiger partial charge is 0.346 e. The molecule has 0 bridgehead atoms. The van der Waals surface area contributed by atoms with E-state index in [1.165, 1.54) is 0 Å². The highest BCUT2D eigenvalue weighted by molar-refractivity contribution is 4.81. The minimum absolute atomic E-state index is 0.548. The van der Waals surface area contributed by atoms with Crippen molar-refractivity contribution in [3.63, 3.8) is 0 Å². The van der Waals surface area contributed by atoms with Gasteiger partial charge in [0.25, 0.3) is 0 Å². The second-order valence-corrected chi connectivity index (χ2v) is 3.62. The van der Waals surface area contributed by atoms with Crippen LogP contribution in [0.3, 0.4) is 0 Å². The smallest absolute Gasteiger partial charge is 0.220 e. The molecule has 4 nitrogen and oxygen atoms in total. The van der Waals surface area contributed by atoms with E-state index >= 15 is 0 Å². The zero-order chi connectivity index (χ0) is 12.7. The molecule has 0 rings (SSSR count). The van der Waals surface area contributed by atoms with Crippen molar-refractivity contribution < 1.29 is 18.9 Å². The van der Waals surface area contributed by atoms with Crippen LogP contribution in [0, 0.1) is 0 Å². The summed E-state index contributed by atoms with van der Waals surface area (Å²) in [7, 11) is 0. The lowest BCUT2D eigenvalue weighted by atomic mass is 10.1. The van der Waals surface area contributed by atoms with Crippen molar-refractivity contribution in [2.24, 2.45) is 0 Å². The first-order valence-electron chi connectivity index (χ1n) is 6.05. The average molecular weight is 234 g/mol. The van der Waals surface area contributed by atoms with Gasteiger partial charge in [-0.1, -0.05) is 0 Å².